The third kappa shape index (κ3) is 3.91. The van der Waals surface area contributed by atoms with Gasteiger partial charge in [-0.15, -0.1) is 0 Å². The Morgan fingerprint density at radius 1 is 0.658 bits per heavy atom. The number of piperazine rings is 1. The van der Waals surface area contributed by atoms with Crippen LogP contribution >= 0.6 is 0 Å². The minimum Gasteiger partial charge on any atom is -0.379 e. The fourth-order valence-electron chi connectivity index (χ4n) is 8.73. The molecule has 0 saturated carbocycles. The van der Waals surface area contributed by atoms with Gasteiger partial charge in [-0.2, -0.15) is 0 Å². The second-order valence-corrected chi connectivity index (χ2v) is 12.3. The van der Waals surface area contributed by atoms with E-state index in [1.165, 1.54) is 77.8 Å². The van der Waals surface area contributed by atoms with Crippen molar-refractivity contribution in [1.29, 1.82) is 0 Å². The molecule has 7 heterocycles. The summed E-state index contributed by atoms with van der Waals surface area (Å²) in [5.41, 5.74) is -0.189. The molecular weight excluding hydrogens is 476 g/mol. The van der Waals surface area contributed by atoms with Crippen LogP contribution in [-0.2, 0) is 4.74 Å². The van der Waals surface area contributed by atoms with Gasteiger partial charge < -0.3 is 15.0 Å². The van der Waals surface area contributed by atoms with Crippen molar-refractivity contribution in [3.8, 4) is 0 Å². The standard InChI is InChI=1S/C29H50N8O/c1-2-18-34(19-3-1)29(35-23-25-38-26-24-35)28(32-14-4-5-15-32,33-16-6-7-17-33)27(31-12-8-13-31)9-20-37(29)36-21-10-30-11-22-36/h4,9,14,20,27,30H,1-3,5-8,10-13,15-19,21-26H2. The van der Waals surface area contributed by atoms with Crippen molar-refractivity contribution in [3.05, 3.63) is 24.6 Å². The Balaban J connectivity index is 1.49. The van der Waals surface area contributed by atoms with Crippen molar-refractivity contribution in [1.82, 2.24) is 39.8 Å². The minimum atomic E-state index is -0.289. The molecule has 3 unspecified atom stereocenters. The lowest BCUT2D eigenvalue weighted by Gasteiger charge is -2.74. The van der Waals surface area contributed by atoms with Crippen molar-refractivity contribution in [2.24, 2.45) is 0 Å². The molecule has 212 valence electrons. The van der Waals surface area contributed by atoms with E-state index in [1.54, 1.807) is 0 Å². The number of hydrogen-bond donors (Lipinski definition) is 1. The van der Waals surface area contributed by atoms with Crippen molar-refractivity contribution < 1.29 is 4.74 Å². The average molecular weight is 527 g/mol. The lowest BCUT2D eigenvalue weighted by Crippen LogP contribution is -2.93. The van der Waals surface area contributed by atoms with Crippen molar-refractivity contribution >= 4 is 0 Å². The molecule has 0 aliphatic carbocycles. The molecular formula is C29H50N8O. The molecule has 0 spiro atoms. The van der Waals surface area contributed by atoms with Crippen molar-refractivity contribution in [2.75, 3.05) is 98.3 Å². The highest BCUT2D eigenvalue weighted by atomic mass is 16.5. The van der Waals surface area contributed by atoms with E-state index in [0.29, 0.717) is 6.04 Å². The van der Waals surface area contributed by atoms with E-state index in [9.17, 15) is 0 Å². The Hall–Kier alpha value is -1.20. The fraction of sp³-hybridized carbons (Fsp3) is 0.862. The minimum absolute atomic E-state index is 0.189. The SMILES string of the molecule is C1=CN(C2(N3CCCC3)C(N3CCC3)C=CN(N3CCNCC3)C2(N2CCCCC2)N2CCOCC2)CC1. The van der Waals surface area contributed by atoms with E-state index in [2.05, 4.69) is 64.4 Å². The quantitative estimate of drug-likeness (QED) is 0.550. The Bertz CT molecular complexity index is 837. The van der Waals surface area contributed by atoms with Crippen molar-refractivity contribution in [2.45, 2.75) is 62.4 Å². The summed E-state index contributed by atoms with van der Waals surface area (Å²) in [4.78, 5) is 14.5. The Morgan fingerprint density at radius 3 is 2.00 bits per heavy atom. The van der Waals surface area contributed by atoms with Crippen LogP contribution in [0.3, 0.4) is 0 Å². The van der Waals surface area contributed by atoms with Crippen LogP contribution in [0, 0.1) is 0 Å². The summed E-state index contributed by atoms with van der Waals surface area (Å²) >= 11 is 0. The lowest BCUT2D eigenvalue weighted by molar-refractivity contribution is -0.340. The van der Waals surface area contributed by atoms with Gasteiger partial charge in [0.15, 0.2) is 5.66 Å². The van der Waals surface area contributed by atoms with E-state index >= 15 is 0 Å². The summed E-state index contributed by atoms with van der Waals surface area (Å²) in [7, 11) is 0. The molecule has 0 aromatic heterocycles. The first-order valence-electron chi connectivity index (χ1n) is 15.8. The molecule has 0 amide bonds. The predicted octanol–water partition coefficient (Wildman–Crippen LogP) is 1.19. The van der Waals surface area contributed by atoms with Crippen LogP contribution in [0.15, 0.2) is 24.6 Å². The lowest BCUT2D eigenvalue weighted by atomic mass is 9.79. The first-order valence-corrected chi connectivity index (χ1v) is 15.8. The molecule has 5 fully saturated rings. The first-order chi connectivity index (χ1) is 18.9. The van der Waals surface area contributed by atoms with Gasteiger partial charge in [-0.05, 0) is 50.8 Å². The number of rotatable bonds is 6. The van der Waals surface area contributed by atoms with Gasteiger partial charge in [0.25, 0.3) is 0 Å². The Kier molecular flexibility index (Phi) is 7.45. The number of nitrogens with zero attached hydrogens (tertiary/aromatic N) is 7. The number of piperidine rings is 1. The van der Waals surface area contributed by atoms with Gasteiger partial charge in [0.05, 0.1) is 19.3 Å². The summed E-state index contributed by atoms with van der Waals surface area (Å²) in [5, 5.41) is 9.12. The van der Waals surface area contributed by atoms with Gasteiger partial charge in [-0.25, -0.2) is 5.01 Å². The maximum atomic E-state index is 6.06. The fourth-order valence-corrected chi connectivity index (χ4v) is 8.73. The maximum Gasteiger partial charge on any atom is 0.205 e. The van der Waals surface area contributed by atoms with E-state index in [0.717, 1.165) is 65.4 Å². The van der Waals surface area contributed by atoms with Gasteiger partial charge in [0, 0.05) is 91.3 Å². The molecule has 0 bridgehead atoms. The average Bonchev–Trinajstić information content (AvgIpc) is 3.69. The monoisotopic (exact) mass is 526 g/mol. The largest absolute Gasteiger partial charge is 0.379 e. The summed E-state index contributed by atoms with van der Waals surface area (Å²) in [5.74, 6) is -0.289. The predicted molar refractivity (Wildman–Crippen MR) is 150 cm³/mol. The van der Waals surface area contributed by atoms with Gasteiger partial charge in [-0.1, -0.05) is 12.5 Å². The van der Waals surface area contributed by atoms with Crippen molar-refractivity contribution in [3.63, 3.8) is 0 Å². The van der Waals surface area contributed by atoms with Crippen LogP contribution < -0.4 is 5.32 Å². The number of nitrogens with one attached hydrogen (secondary N) is 1. The molecule has 0 aromatic carbocycles. The number of hydrazine groups is 1. The molecule has 0 radical (unpaired) electrons. The smallest absolute Gasteiger partial charge is 0.205 e. The van der Waals surface area contributed by atoms with Gasteiger partial charge in [-0.3, -0.25) is 24.6 Å². The highest BCUT2D eigenvalue weighted by molar-refractivity contribution is 5.29. The van der Waals surface area contributed by atoms with Crippen LogP contribution in [0.1, 0.15) is 44.9 Å². The number of hydrogen-bond acceptors (Lipinski definition) is 9. The van der Waals surface area contributed by atoms with E-state index in [4.69, 9.17) is 4.74 Å². The highest BCUT2D eigenvalue weighted by Crippen LogP contribution is 2.52. The van der Waals surface area contributed by atoms with Gasteiger partial charge in [0.2, 0.25) is 5.79 Å². The maximum absolute atomic E-state index is 6.06. The number of morpholine rings is 1. The van der Waals surface area contributed by atoms with Crippen LogP contribution in [0.25, 0.3) is 0 Å². The zero-order valence-corrected chi connectivity index (χ0v) is 23.5. The van der Waals surface area contributed by atoms with E-state index < -0.39 is 0 Å². The molecule has 7 aliphatic heterocycles. The number of ether oxygens (including phenoxy) is 1. The van der Waals surface area contributed by atoms with Gasteiger partial charge in [0.1, 0.15) is 0 Å². The molecule has 1 N–H and O–H groups in total. The normalized spacial score (nSPS) is 38.8. The molecule has 7 rings (SSSR count). The molecule has 3 atom stereocenters. The van der Waals surface area contributed by atoms with E-state index in [-0.39, 0.29) is 11.4 Å². The zero-order chi connectivity index (χ0) is 25.4. The first kappa shape index (κ1) is 25.7. The second kappa shape index (κ2) is 11.0. The molecule has 38 heavy (non-hydrogen) atoms. The van der Waals surface area contributed by atoms with Crippen LogP contribution in [0.2, 0.25) is 0 Å². The van der Waals surface area contributed by atoms with Gasteiger partial charge >= 0.3 is 0 Å². The summed E-state index contributed by atoms with van der Waals surface area (Å²) in [6, 6.07) is 0.362. The summed E-state index contributed by atoms with van der Waals surface area (Å²) in [6.07, 6.45) is 19.1. The van der Waals surface area contributed by atoms with Crippen LogP contribution in [0.5, 0.6) is 0 Å². The molecule has 5 saturated heterocycles. The summed E-state index contributed by atoms with van der Waals surface area (Å²) in [6.45, 7) is 16.2. The molecule has 9 nitrogen and oxygen atoms in total. The molecule has 9 heteroatoms. The van der Waals surface area contributed by atoms with E-state index in [1.807, 2.05) is 0 Å². The van der Waals surface area contributed by atoms with Crippen LogP contribution in [0.4, 0.5) is 0 Å². The number of likely N-dealkylation sites (tertiary alicyclic amines) is 3. The Morgan fingerprint density at radius 2 is 1.34 bits per heavy atom. The molecule has 7 aliphatic rings. The zero-order valence-electron chi connectivity index (χ0n) is 23.5. The van der Waals surface area contributed by atoms with Crippen LogP contribution in [-0.4, -0.2) is 150 Å². The third-order valence-electron chi connectivity index (χ3n) is 10.4. The molecule has 0 aromatic rings. The highest BCUT2D eigenvalue weighted by Gasteiger charge is 2.72. The Labute approximate surface area is 229 Å². The topological polar surface area (TPSA) is 43.9 Å². The second-order valence-electron chi connectivity index (χ2n) is 12.3. The summed E-state index contributed by atoms with van der Waals surface area (Å²) < 4.78 is 6.06. The third-order valence-corrected chi connectivity index (χ3v) is 10.4.